The predicted molar refractivity (Wildman–Crippen MR) is 125 cm³/mol. The second kappa shape index (κ2) is 10.2. The number of carbonyl (C=O) groups is 2. The zero-order valence-electron chi connectivity index (χ0n) is 18.6. The maximum Gasteiger partial charge on any atom is 0.266 e. The highest BCUT2D eigenvalue weighted by atomic mass is 16.5. The third-order valence-corrected chi connectivity index (χ3v) is 4.94. The van der Waals surface area contributed by atoms with Crippen molar-refractivity contribution < 1.29 is 19.1 Å². The summed E-state index contributed by atoms with van der Waals surface area (Å²) in [7, 11) is 1.61. The smallest absolute Gasteiger partial charge is 0.266 e. The zero-order chi connectivity index (χ0) is 24.0. The van der Waals surface area contributed by atoms with Crippen LogP contribution in [-0.4, -0.2) is 30.1 Å². The highest BCUT2D eigenvalue weighted by Crippen LogP contribution is 2.25. The van der Waals surface area contributed by atoms with Crippen molar-refractivity contribution in [2.45, 2.75) is 13.8 Å². The summed E-state index contributed by atoms with van der Waals surface area (Å²) < 4.78 is 12.5. The Hall–Kier alpha value is -4.51. The number of primary amides is 1. The summed E-state index contributed by atoms with van der Waals surface area (Å²) in [6, 6.07) is 18.0. The number of aryl methyl sites for hydroxylation is 1. The van der Waals surface area contributed by atoms with E-state index in [-0.39, 0.29) is 12.2 Å². The predicted octanol–water partition coefficient (Wildman–Crippen LogP) is 3.51. The molecule has 0 bridgehead atoms. The molecule has 8 nitrogen and oxygen atoms in total. The molecule has 0 spiro atoms. The molecular formula is C25H24N4O4. The Morgan fingerprint density at radius 3 is 2.48 bits per heavy atom. The second-order valence-electron chi connectivity index (χ2n) is 7.27. The van der Waals surface area contributed by atoms with Crippen molar-refractivity contribution in [3.05, 3.63) is 77.1 Å². The van der Waals surface area contributed by atoms with Crippen LogP contribution in [0.15, 0.2) is 60.2 Å². The van der Waals surface area contributed by atoms with E-state index < -0.39 is 11.8 Å². The van der Waals surface area contributed by atoms with Gasteiger partial charge in [0.15, 0.2) is 6.61 Å². The van der Waals surface area contributed by atoms with E-state index in [1.807, 2.05) is 54.8 Å². The molecule has 0 atom stereocenters. The fourth-order valence-electron chi connectivity index (χ4n) is 3.38. The number of nitriles is 1. The molecule has 0 aliphatic rings. The fourth-order valence-corrected chi connectivity index (χ4v) is 3.38. The van der Waals surface area contributed by atoms with Crippen LogP contribution in [0.1, 0.15) is 17.0 Å². The van der Waals surface area contributed by atoms with Crippen LogP contribution < -0.4 is 20.5 Å². The molecule has 0 fully saturated rings. The SMILES string of the molecule is COc1ccc(-n2c(C)cc(/C=C(\C#N)C(=O)Nc3cccc(OCC(N)=O)c3)c2C)cc1. The van der Waals surface area contributed by atoms with Crippen molar-refractivity contribution in [2.75, 3.05) is 19.0 Å². The summed E-state index contributed by atoms with van der Waals surface area (Å²) in [5, 5.41) is 12.3. The first kappa shape index (κ1) is 23.2. The number of amides is 2. The molecule has 168 valence electrons. The summed E-state index contributed by atoms with van der Waals surface area (Å²) in [4.78, 5) is 23.6. The Balaban J connectivity index is 1.83. The van der Waals surface area contributed by atoms with Gasteiger partial charge in [0, 0.05) is 28.8 Å². The number of hydrogen-bond donors (Lipinski definition) is 2. The number of anilines is 1. The molecule has 3 rings (SSSR count). The third kappa shape index (κ3) is 5.60. The molecule has 0 aliphatic carbocycles. The molecule has 1 aromatic heterocycles. The summed E-state index contributed by atoms with van der Waals surface area (Å²) in [5.74, 6) is -0.0313. The molecule has 2 aromatic carbocycles. The van der Waals surface area contributed by atoms with E-state index in [0.717, 1.165) is 28.4 Å². The van der Waals surface area contributed by atoms with Crippen molar-refractivity contribution in [2.24, 2.45) is 5.73 Å². The summed E-state index contributed by atoms with van der Waals surface area (Å²) in [6.45, 7) is 3.61. The number of nitrogens with two attached hydrogens (primary N) is 1. The maximum absolute atomic E-state index is 12.7. The molecule has 0 saturated heterocycles. The van der Waals surface area contributed by atoms with Gasteiger partial charge in [-0.05, 0) is 68.0 Å². The lowest BCUT2D eigenvalue weighted by molar-refractivity contribution is -0.120. The number of aromatic nitrogens is 1. The van der Waals surface area contributed by atoms with Gasteiger partial charge in [-0.1, -0.05) is 6.07 Å². The minimum Gasteiger partial charge on any atom is -0.497 e. The first-order valence-electron chi connectivity index (χ1n) is 10.1. The Morgan fingerprint density at radius 2 is 1.85 bits per heavy atom. The van der Waals surface area contributed by atoms with Crippen LogP contribution in [0.3, 0.4) is 0 Å². The molecule has 0 saturated carbocycles. The van der Waals surface area contributed by atoms with Crippen molar-refractivity contribution in [3.8, 4) is 23.3 Å². The quantitative estimate of drug-likeness (QED) is 0.407. The van der Waals surface area contributed by atoms with Gasteiger partial charge >= 0.3 is 0 Å². The van der Waals surface area contributed by atoms with Crippen molar-refractivity contribution in [3.63, 3.8) is 0 Å². The average Bonchev–Trinajstić information content (AvgIpc) is 3.08. The topological polar surface area (TPSA) is 119 Å². The van der Waals surface area contributed by atoms with Crippen LogP contribution >= 0.6 is 0 Å². The largest absolute Gasteiger partial charge is 0.497 e. The molecule has 8 heteroatoms. The first-order valence-corrected chi connectivity index (χ1v) is 10.1. The molecule has 0 radical (unpaired) electrons. The Kier molecular flexibility index (Phi) is 7.16. The summed E-state index contributed by atoms with van der Waals surface area (Å²) >= 11 is 0. The van der Waals surface area contributed by atoms with Crippen LogP contribution in [0.2, 0.25) is 0 Å². The number of rotatable bonds is 8. The van der Waals surface area contributed by atoms with E-state index >= 15 is 0 Å². The third-order valence-electron chi connectivity index (χ3n) is 4.94. The number of ether oxygens (including phenoxy) is 2. The van der Waals surface area contributed by atoms with Crippen molar-refractivity contribution >= 4 is 23.6 Å². The van der Waals surface area contributed by atoms with Gasteiger partial charge in [0.25, 0.3) is 11.8 Å². The molecule has 33 heavy (non-hydrogen) atoms. The van der Waals surface area contributed by atoms with Crippen LogP contribution in [-0.2, 0) is 9.59 Å². The van der Waals surface area contributed by atoms with Gasteiger partial charge in [-0.2, -0.15) is 5.26 Å². The minimum atomic E-state index is -0.605. The first-order chi connectivity index (χ1) is 15.8. The Labute approximate surface area is 191 Å². The van der Waals surface area contributed by atoms with Gasteiger partial charge in [0.2, 0.25) is 0 Å². The molecule has 3 N–H and O–H groups in total. The van der Waals surface area contributed by atoms with Gasteiger partial charge in [0.1, 0.15) is 23.1 Å². The van der Waals surface area contributed by atoms with E-state index in [9.17, 15) is 14.9 Å². The van der Waals surface area contributed by atoms with E-state index in [2.05, 4.69) is 5.32 Å². The van der Waals surface area contributed by atoms with Gasteiger partial charge in [0.05, 0.1) is 7.11 Å². The lowest BCUT2D eigenvalue weighted by Gasteiger charge is -2.10. The van der Waals surface area contributed by atoms with E-state index in [4.69, 9.17) is 15.2 Å². The van der Waals surface area contributed by atoms with Crippen LogP contribution in [0.5, 0.6) is 11.5 Å². The number of carbonyl (C=O) groups excluding carboxylic acids is 2. The number of methoxy groups -OCH3 is 1. The second-order valence-corrected chi connectivity index (χ2v) is 7.27. The minimum absolute atomic E-state index is 0.0477. The molecule has 0 aliphatic heterocycles. The highest BCUT2D eigenvalue weighted by molar-refractivity contribution is 6.09. The van der Waals surface area contributed by atoms with E-state index in [1.54, 1.807) is 37.5 Å². The van der Waals surface area contributed by atoms with Crippen molar-refractivity contribution in [1.82, 2.24) is 4.57 Å². The highest BCUT2D eigenvalue weighted by Gasteiger charge is 2.14. The lowest BCUT2D eigenvalue weighted by Crippen LogP contribution is -2.20. The Morgan fingerprint density at radius 1 is 1.12 bits per heavy atom. The number of nitrogens with zero attached hydrogens (tertiary/aromatic N) is 2. The van der Waals surface area contributed by atoms with Crippen LogP contribution in [0.25, 0.3) is 11.8 Å². The standard InChI is InChI=1S/C25H24N4O4/c1-16-11-18(17(2)29(16)21-7-9-22(32-3)10-8-21)12-19(14-26)25(31)28-20-5-4-6-23(13-20)33-15-24(27)30/h4-13H,15H2,1-3H3,(H2,27,30)(H,28,31)/b19-12+. The molecule has 3 aromatic rings. The van der Waals surface area contributed by atoms with Crippen molar-refractivity contribution in [1.29, 1.82) is 5.26 Å². The van der Waals surface area contributed by atoms with Crippen LogP contribution in [0, 0.1) is 25.2 Å². The van der Waals surface area contributed by atoms with Gasteiger partial charge in [-0.15, -0.1) is 0 Å². The number of benzene rings is 2. The molecular weight excluding hydrogens is 420 g/mol. The molecule has 2 amide bonds. The van der Waals surface area contributed by atoms with E-state index in [0.29, 0.717) is 11.4 Å². The van der Waals surface area contributed by atoms with Gasteiger partial charge < -0.3 is 25.1 Å². The molecule has 1 heterocycles. The lowest BCUT2D eigenvalue weighted by atomic mass is 10.1. The average molecular weight is 444 g/mol. The van der Waals surface area contributed by atoms with Gasteiger partial charge in [-0.25, -0.2) is 0 Å². The summed E-state index contributed by atoms with van der Waals surface area (Å²) in [5.41, 5.74) is 9.01. The van der Waals surface area contributed by atoms with Gasteiger partial charge in [-0.3, -0.25) is 9.59 Å². The number of hydrogen-bond acceptors (Lipinski definition) is 5. The monoisotopic (exact) mass is 444 g/mol. The molecule has 0 unspecified atom stereocenters. The zero-order valence-corrected chi connectivity index (χ0v) is 18.6. The Bertz CT molecular complexity index is 1250. The van der Waals surface area contributed by atoms with Crippen LogP contribution in [0.4, 0.5) is 5.69 Å². The maximum atomic E-state index is 12.7. The van der Waals surface area contributed by atoms with E-state index in [1.165, 1.54) is 0 Å². The normalized spacial score (nSPS) is 10.9. The number of nitrogens with one attached hydrogen (secondary N) is 1. The summed E-state index contributed by atoms with van der Waals surface area (Å²) in [6.07, 6.45) is 1.56. The fraction of sp³-hybridized carbons (Fsp3) is 0.160.